The minimum Gasteiger partial charge on any atom is -0.481 e. The number of methoxy groups -OCH3 is 2. The monoisotopic (exact) mass is 253 g/mol. The Hall–Kier alpha value is -1.89. The lowest BCUT2D eigenvalue weighted by molar-refractivity contribution is -0.152. The van der Waals surface area contributed by atoms with E-state index in [0.717, 1.165) is 0 Å². The Morgan fingerprint density at radius 1 is 1.33 bits per heavy atom. The van der Waals surface area contributed by atoms with Gasteiger partial charge in [-0.25, -0.2) is 0 Å². The van der Waals surface area contributed by atoms with E-state index in [1.165, 1.54) is 20.3 Å². The maximum atomic E-state index is 12.0. The molecule has 7 nitrogen and oxygen atoms in total. The van der Waals surface area contributed by atoms with Gasteiger partial charge in [0.1, 0.15) is 0 Å². The molecule has 1 N–H and O–H groups in total. The Morgan fingerprint density at radius 2 is 1.89 bits per heavy atom. The van der Waals surface area contributed by atoms with Crippen LogP contribution >= 0.6 is 0 Å². The van der Waals surface area contributed by atoms with Gasteiger partial charge >= 0.3 is 0 Å². The van der Waals surface area contributed by atoms with E-state index >= 15 is 0 Å². The molecule has 1 aliphatic heterocycles. The summed E-state index contributed by atoms with van der Waals surface area (Å²) in [5.41, 5.74) is -0.514. The van der Waals surface area contributed by atoms with E-state index in [1.807, 2.05) is 6.92 Å². The zero-order valence-corrected chi connectivity index (χ0v) is 10.5. The summed E-state index contributed by atoms with van der Waals surface area (Å²) in [6.07, 6.45) is 0. The van der Waals surface area contributed by atoms with Crippen LogP contribution in [0.1, 0.15) is 6.92 Å². The van der Waals surface area contributed by atoms with Gasteiger partial charge in [-0.2, -0.15) is 9.97 Å². The Labute approximate surface area is 104 Å². The molecule has 0 radical (unpaired) electrons. The standard InChI is InChI=1S/C11H15N3O4/c1-11(5-18-6-11)9(15)14-10-12-7(16-2)4-8(13-10)17-3/h4H,5-6H2,1-3H3,(H,12,13,14,15). The highest BCUT2D eigenvalue weighted by atomic mass is 16.5. The van der Waals surface area contributed by atoms with Crippen LogP contribution in [-0.2, 0) is 9.53 Å². The number of nitrogens with zero attached hydrogens (tertiary/aromatic N) is 2. The number of anilines is 1. The van der Waals surface area contributed by atoms with E-state index in [9.17, 15) is 4.79 Å². The first-order valence-corrected chi connectivity index (χ1v) is 5.44. The third-order valence-corrected chi connectivity index (χ3v) is 2.71. The number of rotatable bonds is 4. The Kier molecular flexibility index (Phi) is 3.33. The maximum Gasteiger partial charge on any atom is 0.237 e. The van der Waals surface area contributed by atoms with Crippen molar-refractivity contribution in [3.63, 3.8) is 0 Å². The molecule has 0 saturated carbocycles. The number of amides is 1. The van der Waals surface area contributed by atoms with Gasteiger partial charge in [-0.3, -0.25) is 10.1 Å². The summed E-state index contributed by atoms with van der Waals surface area (Å²) in [5, 5.41) is 2.63. The van der Waals surface area contributed by atoms with Crippen molar-refractivity contribution in [3.8, 4) is 11.8 Å². The van der Waals surface area contributed by atoms with Gasteiger partial charge in [-0.15, -0.1) is 0 Å². The molecule has 2 heterocycles. The number of hydrogen-bond donors (Lipinski definition) is 1. The van der Waals surface area contributed by atoms with Crippen LogP contribution in [0, 0.1) is 5.41 Å². The molecule has 1 aromatic heterocycles. The molecule has 0 spiro atoms. The Balaban J connectivity index is 2.15. The average molecular weight is 253 g/mol. The minimum atomic E-state index is -0.514. The van der Waals surface area contributed by atoms with Gasteiger partial charge in [0.15, 0.2) is 0 Å². The van der Waals surface area contributed by atoms with Crippen LogP contribution in [0.4, 0.5) is 5.95 Å². The number of aromatic nitrogens is 2. The molecule has 7 heteroatoms. The van der Waals surface area contributed by atoms with Crippen LogP contribution in [0.15, 0.2) is 6.07 Å². The normalized spacial score (nSPS) is 16.6. The van der Waals surface area contributed by atoms with Crippen LogP contribution in [-0.4, -0.2) is 43.3 Å². The fraction of sp³-hybridized carbons (Fsp3) is 0.545. The average Bonchev–Trinajstić information content (AvgIpc) is 2.35. The highest BCUT2D eigenvalue weighted by molar-refractivity contribution is 5.94. The molecule has 1 aliphatic rings. The summed E-state index contributed by atoms with van der Waals surface area (Å²) in [6, 6.07) is 1.53. The molecule has 1 fully saturated rings. The molecule has 0 unspecified atom stereocenters. The van der Waals surface area contributed by atoms with E-state index in [1.54, 1.807) is 0 Å². The highest BCUT2D eigenvalue weighted by Crippen LogP contribution is 2.28. The Morgan fingerprint density at radius 3 is 2.28 bits per heavy atom. The predicted octanol–water partition coefficient (Wildman–Crippen LogP) is 0.469. The molecular formula is C11H15N3O4. The predicted molar refractivity (Wildman–Crippen MR) is 62.7 cm³/mol. The molecule has 98 valence electrons. The third-order valence-electron chi connectivity index (χ3n) is 2.71. The van der Waals surface area contributed by atoms with Crippen molar-refractivity contribution < 1.29 is 19.0 Å². The lowest BCUT2D eigenvalue weighted by Crippen LogP contribution is -2.49. The number of carbonyl (C=O) groups is 1. The molecule has 0 bridgehead atoms. The third kappa shape index (κ3) is 2.35. The number of ether oxygens (including phenoxy) is 3. The van der Waals surface area contributed by atoms with Gasteiger partial charge in [0.05, 0.1) is 38.9 Å². The lowest BCUT2D eigenvalue weighted by atomic mass is 9.88. The van der Waals surface area contributed by atoms with Crippen LogP contribution < -0.4 is 14.8 Å². The lowest BCUT2D eigenvalue weighted by Gasteiger charge is -2.35. The summed E-state index contributed by atoms with van der Waals surface area (Å²) >= 11 is 0. The number of hydrogen-bond acceptors (Lipinski definition) is 6. The van der Waals surface area contributed by atoms with Crippen LogP contribution in [0.2, 0.25) is 0 Å². The molecule has 0 aliphatic carbocycles. The van der Waals surface area contributed by atoms with Gasteiger partial charge < -0.3 is 14.2 Å². The molecule has 0 atom stereocenters. The van der Waals surface area contributed by atoms with Gasteiger partial charge in [-0.05, 0) is 6.92 Å². The highest BCUT2D eigenvalue weighted by Gasteiger charge is 2.41. The molecular weight excluding hydrogens is 238 g/mol. The molecule has 1 saturated heterocycles. The first-order valence-electron chi connectivity index (χ1n) is 5.44. The second-order valence-electron chi connectivity index (χ2n) is 4.28. The molecule has 1 aromatic rings. The SMILES string of the molecule is COc1cc(OC)nc(NC(=O)C2(C)COC2)n1. The van der Waals surface area contributed by atoms with Gasteiger partial charge in [-0.1, -0.05) is 0 Å². The summed E-state index contributed by atoms with van der Waals surface area (Å²) in [5.74, 6) is 0.632. The first-order chi connectivity index (χ1) is 8.57. The number of nitrogens with one attached hydrogen (secondary N) is 1. The summed E-state index contributed by atoms with van der Waals surface area (Å²) in [7, 11) is 2.96. The zero-order valence-electron chi connectivity index (χ0n) is 10.5. The molecule has 0 aromatic carbocycles. The van der Waals surface area contributed by atoms with Crippen molar-refractivity contribution in [1.82, 2.24) is 9.97 Å². The van der Waals surface area contributed by atoms with Crippen LogP contribution in [0.3, 0.4) is 0 Å². The maximum absolute atomic E-state index is 12.0. The van der Waals surface area contributed by atoms with E-state index in [2.05, 4.69) is 15.3 Å². The second kappa shape index (κ2) is 4.77. The quantitative estimate of drug-likeness (QED) is 0.839. The van der Waals surface area contributed by atoms with Crippen molar-refractivity contribution in [2.24, 2.45) is 5.41 Å². The van der Waals surface area contributed by atoms with E-state index in [4.69, 9.17) is 14.2 Å². The van der Waals surface area contributed by atoms with E-state index < -0.39 is 5.41 Å². The smallest absolute Gasteiger partial charge is 0.237 e. The minimum absolute atomic E-state index is 0.157. The van der Waals surface area contributed by atoms with Gasteiger partial charge in [0.2, 0.25) is 23.6 Å². The Bertz CT molecular complexity index is 437. The van der Waals surface area contributed by atoms with Crippen molar-refractivity contribution in [1.29, 1.82) is 0 Å². The summed E-state index contributed by atoms with van der Waals surface area (Å²) in [4.78, 5) is 20.0. The summed E-state index contributed by atoms with van der Waals surface area (Å²) < 4.78 is 15.0. The molecule has 18 heavy (non-hydrogen) atoms. The van der Waals surface area contributed by atoms with Crippen LogP contribution in [0.5, 0.6) is 11.8 Å². The van der Waals surface area contributed by atoms with Crippen molar-refractivity contribution >= 4 is 11.9 Å². The number of carbonyl (C=O) groups excluding carboxylic acids is 1. The van der Waals surface area contributed by atoms with E-state index in [-0.39, 0.29) is 11.9 Å². The van der Waals surface area contributed by atoms with Crippen molar-refractivity contribution in [2.75, 3.05) is 32.8 Å². The topological polar surface area (TPSA) is 82.6 Å². The van der Waals surface area contributed by atoms with E-state index in [0.29, 0.717) is 25.0 Å². The first kappa shape index (κ1) is 12.6. The van der Waals surface area contributed by atoms with Gasteiger partial charge in [0, 0.05) is 0 Å². The van der Waals surface area contributed by atoms with Gasteiger partial charge in [0.25, 0.3) is 0 Å². The van der Waals surface area contributed by atoms with Crippen molar-refractivity contribution in [3.05, 3.63) is 6.07 Å². The largest absolute Gasteiger partial charge is 0.481 e. The zero-order chi connectivity index (χ0) is 13.2. The second-order valence-corrected chi connectivity index (χ2v) is 4.28. The summed E-state index contributed by atoms with van der Waals surface area (Å²) in [6.45, 7) is 2.63. The molecule has 2 rings (SSSR count). The van der Waals surface area contributed by atoms with Crippen LogP contribution in [0.25, 0.3) is 0 Å². The fourth-order valence-corrected chi connectivity index (χ4v) is 1.46. The molecule has 1 amide bonds. The fourth-order valence-electron chi connectivity index (χ4n) is 1.46. The van der Waals surface area contributed by atoms with Crippen molar-refractivity contribution in [2.45, 2.75) is 6.92 Å².